The van der Waals surface area contributed by atoms with Gasteiger partial charge in [-0.15, -0.1) is 6.42 Å². The molecule has 1 N–H and O–H groups in total. The number of ether oxygens (including phenoxy) is 1. The summed E-state index contributed by atoms with van der Waals surface area (Å²) in [7, 11) is 0. The number of carbonyl (C=O) groups excluding carboxylic acids is 1. The second kappa shape index (κ2) is 5.82. The molecule has 0 heterocycles. The highest BCUT2D eigenvalue weighted by atomic mass is 16.5. The third-order valence-electron chi connectivity index (χ3n) is 2.09. The van der Waals surface area contributed by atoms with Crippen molar-refractivity contribution in [2.24, 2.45) is 0 Å². The van der Waals surface area contributed by atoms with Crippen LogP contribution >= 0.6 is 0 Å². The second-order valence-electron chi connectivity index (χ2n) is 3.54. The van der Waals surface area contributed by atoms with Crippen molar-refractivity contribution >= 4 is 5.91 Å². The SMILES string of the molecule is C#CCNC(=O)COc1cc(C)ccc1C. The Morgan fingerprint density at radius 2 is 2.25 bits per heavy atom. The molecule has 16 heavy (non-hydrogen) atoms. The highest BCUT2D eigenvalue weighted by Crippen LogP contribution is 2.18. The van der Waals surface area contributed by atoms with Crippen molar-refractivity contribution in [2.75, 3.05) is 13.2 Å². The first-order valence-electron chi connectivity index (χ1n) is 5.03. The number of hydrogen-bond acceptors (Lipinski definition) is 2. The van der Waals surface area contributed by atoms with E-state index in [0.717, 1.165) is 16.9 Å². The Kier molecular flexibility index (Phi) is 4.41. The van der Waals surface area contributed by atoms with Crippen molar-refractivity contribution < 1.29 is 9.53 Å². The van der Waals surface area contributed by atoms with Gasteiger partial charge < -0.3 is 10.1 Å². The van der Waals surface area contributed by atoms with Gasteiger partial charge in [-0.25, -0.2) is 0 Å². The monoisotopic (exact) mass is 217 g/mol. The van der Waals surface area contributed by atoms with E-state index in [1.807, 2.05) is 32.0 Å². The van der Waals surface area contributed by atoms with Crippen LogP contribution in [0.5, 0.6) is 5.75 Å². The van der Waals surface area contributed by atoms with E-state index in [0.29, 0.717) is 0 Å². The van der Waals surface area contributed by atoms with Crippen molar-refractivity contribution in [3.63, 3.8) is 0 Å². The van der Waals surface area contributed by atoms with Crippen molar-refractivity contribution in [1.82, 2.24) is 5.32 Å². The lowest BCUT2D eigenvalue weighted by molar-refractivity contribution is -0.122. The van der Waals surface area contributed by atoms with E-state index in [2.05, 4.69) is 11.2 Å². The summed E-state index contributed by atoms with van der Waals surface area (Å²) in [6, 6.07) is 5.87. The van der Waals surface area contributed by atoms with Crippen LogP contribution in [0, 0.1) is 26.2 Å². The lowest BCUT2D eigenvalue weighted by Crippen LogP contribution is -2.29. The maximum Gasteiger partial charge on any atom is 0.258 e. The van der Waals surface area contributed by atoms with Gasteiger partial charge in [-0.1, -0.05) is 18.1 Å². The topological polar surface area (TPSA) is 38.3 Å². The summed E-state index contributed by atoms with van der Waals surface area (Å²) in [5.74, 6) is 2.85. The molecule has 84 valence electrons. The predicted octanol–water partition coefficient (Wildman–Crippen LogP) is 1.43. The Hall–Kier alpha value is -1.95. The highest BCUT2D eigenvalue weighted by Gasteiger charge is 2.03. The van der Waals surface area contributed by atoms with Crippen LogP contribution in [-0.2, 0) is 4.79 Å². The summed E-state index contributed by atoms with van der Waals surface area (Å²) in [5, 5.41) is 2.54. The number of nitrogens with one attached hydrogen (secondary N) is 1. The summed E-state index contributed by atoms with van der Waals surface area (Å²) in [4.78, 5) is 11.2. The Morgan fingerprint density at radius 1 is 1.50 bits per heavy atom. The smallest absolute Gasteiger partial charge is 0.258 e. The van der Waals surface area contributed by atoms with Crippen LogP contribution in [-0.4, -0.2) is 19.1 Å². The van der Waals surface area contributed by atoms with E-state index in [9.17, 15) is 4.79 Å². The number of rotatable bonds is 4. The lowest BCUT2D eigenvalue weighted by Gasteiger charge is -2.09. The van der Waals surface area contributed by atoms with Gasteiger partial charge in [0.2, 0.25) is 0 Å². The molecule has 1 amide bonds. The number of hydrogen-bond donors (Lipinski definition) is 1. The summed E-state index contributed by atoms with van der Waals surface area (Å²) in [6.07, 6.45) is 5.02. The van der Waals surface area contributed by atoms with E-state index in [4.69, 9.17) is 11.2 Å². The molecule has 0 aliphatic carbocycles. The van der Waals surface area contributed by atoms with E-state index in [-0.39, 0.29) is 19.1 Å². The first-order chi connectivity index (χ1) is 7.63. The Labute approximate surface area is 95.8 Å². The number of benzene rings is 1. The van der Waals surface area contributed by atoms with Crippen LogP contribution in [0.25, 0.3) is 0 Å². The molecule has 0 aliphatic heterocycles. The predicted molar refractivity (Wildman–Crippen MR) is 63.3 cm³/mol. The number of carbonyl (C=O) groups is 1. The normalized spacial score (nSPS) is 9.31. The van der Waals surface area contributed by atoms with Crippen LogP contribution in [0.15, 0.2) is 18.2 Å². The largest absolute Gasteiger partial charge is 0.483 e. The molecule has 0 bridgehead atoms. The quantitative estimate of drug-likeness (QED) is 0.775. The van der Waals surface area contributed by atoms with E-state index >= 15 is 0 Å². The van der Waals surface area contributed by atoms with Gasteiger partial charge in [0.1, 0.15) is 5.75 Å². The molecule has 3 nitrogen and oxygen atoms in total. The minimum atomic E-state index is -0.209. The van der Waals surface area contributed by atoms with Crippen LogP contribution in [0.1, 0.15) is 11.1 Å². The third kappa shape index (κ3) is 3.66. The van der Waals surface area contributed by atoms with Crippen LogP contribution in [0.3, 0.4) is 0 Å². The second-order valence-corrected chi connectivity index (χ2v) is 3.54. The molecule has 0 aliphatic rings. The van der Waals surface area contributed by atoms with Gasteiger partial charge in [-0.05, 0) is 31.0 Å². The average Bonchev–Trinajstić information content (AvgIpc) is 2.27. The third-order valence-corrected chi connectivity index (χ3v) is 2.09. The van der Waals surface area contributed by atoms with Gasteiger partial charge >= 0.3 is 0 Å². The first kappa shape index (κ1) is 12.1. The van der Waals surface area contributed by atoms with Gasteiger partial charge in [0.15, 0.2) is 6.61 Å². The Morgan fingerprint density at radius 3 is 2.94 bits per heavy atom. The zero-order valence-electron chi connectivity index (χ0n) is 9.54. The Balaban J connectivity index is 2.51. The molecule has 0 fully saturated rings. The fraction of sp³-hybridized carbons (Fsp3) is 0.308. The minimum absolute atomic E-state index is 0.00796. The van der Waals surface area contributed by atoms with Gasteiger partial charge in [0.25, 0.3) is 5.91 Å². The fourth-order valence-electron chi connectivity index (χ4n) is 1.21. The van der Waals surface area contributed by atoms with Gasteiger partial charge in [-0.3, -0.25) is 4.79 Å². The molecule has 0 aromatic heterocycles. The number of aryl methyl sites for hydroxylation is 2. The molecule has 0 saturated heterocycles. The number of terminal acetylenes is 1. The molecule has 1 rings (SSSR count). The van der Waals surface area contributed by atoms with Gasteiger partial charge in [-0.2, -0.15) is 0 Å². The van der Waals surface area contributed by atoms with Crippen molar-refractivity contribution in [2.45, 2.75) is 13.8 Å². The summed E-state index contributed by atoms with van der Waals surface area (Å²) in [6.45, 7) is 4.14. The minimum Gasteiger partial charge on any atom is -0.483 e. The molecule has 0 unspecified atom stereocenters. The fourth-order valence-corrected chi connectivity index (χ4v) is 1.21. The molecule has 1 aromatic carbocycles. The van der Waals surface area contributed by atoms with Crippen LogP contribution < -0.4 is 10.1 Å². The van der Waals surface area contributed by atoms with Crippen molar-refractivity contribution in [3.05, 3.63) is 29.3 Å². The van der Waals surface area contributed by atoms with Crippen LogP contribution in [0.2, 0.25) is 0 Å². The molecule has 3 heteroatoms. The van der Waals surface area contributed by atoms with E-state index in [1.165, 1.54) is 0 Å². The average molecular weight is 217 g/mol. The van der Waals surface area contributed by atoms with Crippen molar-refractivity contribution in [3.8, 4) is 18.1 Å². The Bertz CT molecular complexity index is 418. The standard InChI is InChI=1S/C13H15NO2/c1-4-7-14-13(15)9-16-12-8-10(2)5-6-11(12)3/h1,5-6,8H,7,9H2,2-3H3,(H,14,15). The molecule has 0 spiro atoms. The summed E-state index contributed by atoms with van der Waals surface area (Å²) in [5.41, 5.74) is 2.11. The molecule has 0 atom stereocenters. The maximum absolute atomic E-state index is 11.2. The maximum atomic E-state index is 11.2. The van der Waals surface area contributed by atoms with Gasteiger partial charge in [0, 0.05) is 0 Å². The zero-order valence-corrected chi connectivity index (χ0v) is 9.54. The molecular weight excluding hydrogens is 202 g/mol. The summed E-state index contributed by atoms with van der Waals surface area (Å²) >= 11 is 0. The highest BCUT2D eigenvalue weighted by molar-refractivity contribution is 5.77. The van der Waals surface area contributed by atoms with E-state index in [1.54, 1.807) is 0 Å². The zero-order chi connectivity index (χ0) is 12.0. The molecular formula is C13H15NO2. The molecule has 1 aromatic rings. The van der Waals surface area contributed by atoms with Crippen molar-refractivity contribution in [1.29, 1.82) is 0 Å². The lowest BCUT2D eigenvalue weighted by atomic mass is 10.1. The van der Waals surface area contributed by atoms with Crippen LogP contribution in [0.4, 0.5) is 0 Å². The summed E-state index contributed by atoms with van der Waals surface area (Å²) < 4.78 is 5.40. The van der Waals surface area contributed by atoms with Gasteiger partial charge in [0.05, 0.1) is 6.54 Å². The number of amides is 1. The van der Waals surface area contributed by atoms with E-state index < -0.39 is 0 Å². The first-order valence-corrected chi connectivity index (χ1v) is 5.03. The molecule has 0 radical (unpaired) electrons. The molecule has 0 saturated carbocycles.